The van der Waals surface area contributed by atoms with Crippen molar-refractivity contribution in [2.75, 3.05) is 0 Å². The van der Waals surface area contributed by atoms with E-state index in [2.05, 4.69) is 0 Å². The van der Waals surface area contributed by atoms with Crippen LogP contribution < -0.4 is 0 Å². The predicted molar refractivity (Wildman–Crippen MR) is 72.2 cm³/mol. The average Bonchev–Trinajstić information content (AvgIpc) is 2.37. The average molecular weight is 281 g/mol. The third kappa shape index (κ3) is 2.91. The number of aliphatic hydroxyl groups is 1. The molecular formula is C14H10Cl2O2. The van der Waals surface area contributed by atoms with Gasteiger partial charge >= 0.3 is 0 Å². The Kier molecular flexibility index (Phi) is 4.02. The Morgan fingerprint density at radius 3 is 2.22 bits per heavy atom. The number of rotatable bonds is 3. The summed E-state index contributed by atoms with van der Waals surface area (Å²) < 4.78 is 0. The van der Waals surface area contributed by atoms with E-state index in [0.717, 1.165) is 0 Å². The summed E-state index contributed by atoms with van der Waals surface area (Å²) in [5.74, 6) is -0.403. The zero-order chi connectivity index (χ0) is 13.1. The van der Waals surface area contributed by atoms with Gasteiger partial charge in [0.1, 0.15) is 6.10 Å². The molecule has 0 aromatic heterocycles. The number of benzene rings is 2. The lowest BCUT2D eigenvalue weighted by molar-refractivity contribution is 0.0747. The van der Waals surface area contributed by atoms with Gasteiger partial charge in [-0.15, -0.1) is 0 Å². The summed E-state index contributed by atoms with van der Waals surface area (Å²) in [5.41, 5.74) is 0.836. The molecule has 2 rings (SSSR count). The molecule has 2 nitrogen and oxygen atoms in total. The molecular weight excluding hydrogens is 271 g/mol. The number of Topliss-reactive ketones (excluding diaryl/α,β-unsaturated/α-hetero) is 1. The second-order valence-corrected chi connectivity index (χ2v) is 4.71. The maximum atomic E-state index is 12.1. The lowest BCUT2D eigenvalue weighted by Gasteiger charge is -2.10. The van der Waals surface area contributed by atoms with Crippen molar-refractivity contribution in [3.63, 3.8) is 0 Å². The van der Waals surface area contributed by atoms with Crippen molar-refractivity contribution in [3.05, 3.63) is 69.7 Å². The standard InChI is InChI=1S/C14H10Cl2O2/c15-11-5-1-3-9(7-11)13(17)14(18)10-4-2-6-12(16)8-10/h1-8,13,17H/t13-/m1/s1. The molecule has 18 heavy (non-hydrogen) atoms. The van der Waals surface area contributed by atoms with E-state index in [0.29, 0.717) is 21.2 Å². The highest BCUT2D eigenvalue weighted by atomic mass is 35.5. The molecule has 1 N–H and O–H groups in total. The van der Waals surface area contributed by atoms with Crippen LogP contribution in [0.4, 0.5) is 0 Å². The molecule has 0 unspecified atom stereocenters. The smallest absolute Gasteiger partial charge is 0.195 e. The third-order valence-corrected chi connectivity index (χ3v) is 2.99. The first-order valence-electron chi connectivity index (χ1n) is 5.31. The molecule has 0 spiro atoms. The summed E-state index contributed by atoms with van der Waals surface area (Å²) in [7, 11) is 0. The minimum atomic E-state index is -1.23. The van der Waals surface area contributed by atoms with Crippen molar-refractivity contribution in [1.29, 1.82) is 0 Å². The summed E-state index contributed by atoms with van der Waals surface area (Å²) in [4.78, 5) is 12.1. The van der Waals surface area contributed by atoms with Crippen LogP contribution in [0.1, 0.15) is 22.0 Å². The molecule has 92 valence electrons. The van der Waals surface area contributed by atoms with Crippen LogP contribution in [0.25, 0.3) is 0 Å². The van der Waals surface area contributed by atoms with E-state index in [4.69, 9.17) is 23.2 Å². The number of ketones is 1. The topological polar surface area (TPSA) is 37.3 Å². The van der Waals surface area contributed by atoms with Gasteiger partial charge in [-0.25, -0.2) is 0 Å². The first kappa shape index (κ1) is 13.1. The molecule has 2 aromatic rings. The SMILES string of the molecule is O=C(c1cccc(Cl)c1)[C@H](O)c1cccc(Cl)c1. The largest absolute Gasteiger partial charge is 0.380 e. The highest BCUT2D eigenvalue weighted by molar-refractivity contribution is 6.31. The molecule has 2 aromatic carbocycles. The van der Waals surface area contributed by atoms with E-state index in [9.17, 15) is 9.90 Å². The highest BCUT2D eigenvalue weighted by Gasteiger charge is 2.19. The van der Waals surface area contributed by atoms with Crippen molar-refractivity contribution < 1.29 is 9.90 Å². The van der Waals surface area contributed by atoms with Gasteiger partial charge in [-0.3, -0.25) is 4.79 Å². The summed E-state index contributed by atoms with van der Waals surface area (Å²) in [6, 6.07) is 13.1. The Bertz CT molecular complexity index is 582. The van der Waals surface area contributed by atoms with Crippen LogP contribution in [-0.4, -0.2) is 10.9 Å². The molecule has 0 aliphatic carbocycles. The van der Waals surface area contributed by atoms with Gasteiger partial charge in [0, 0.05) is 15.6 Å². The molecule has 0 saturated carbocycles. The molecule has 1 atom stereocenters. The van der Waals surface area contributed by atoms with Gasteiger partial charge in [0.15, 0.2) is 5.78 Å². The number of carbonyl (C=O) groups is 1. The molecule has 0 aliphatic heterocycles. The van der Waals surface area contributed by atoms with Crippen LogP contribution in [0.2, 0.25) is 10.0 Å². The number of hydrogen-bond donors (Lipinski definition) is 1. The van der Waals surface area contributed by atoms with Gasteiger partial charge in [-0.1, -0.05) is 47.5 Å². The van der Waals surface area contributed by atoms with E-state index >= 15 is 0 Å². The van der Waals surface area contributed by atoms with Crippen LogP contribution in [0.3, 0.4) is 0 Å². The van der Waals surface area contributed by atoms with E-state index in [-0.39, 0.29) is 0 Å². The second-order valence-electron chi connectivity index (χ2n) is 3.83. The monoisotopic (exact) mass is 280 g/mol. The normalized spacial score (nSPS) is 12.2. The molecule has 0 heterocycles. The van der Waals surface area contributed by atoms with Crippen molar-refractivity contribution in [1.82, 2.24) is 0 Å². The third-order valence-electron chi connectivity index (χ3n) is 2.52. The van der Waals surface area contributed by atoms with Gasteiger partial charge in [-0.05, 0) is 29.8 Å². The zero-order valence-electron chi connectivity index (χ0n) is 9.31. The van der Waals surface area contributed by atoms with Gasteiger partial charge in [0.05, 0.1) is 0 Å². The van der Waals surface area contributed by atoms with Gasteiger partial charge in [0.2, 0.25) is 0 Å². The Morgan fingerprint density at radius 2 is 1.61 bits per heavy atom. The predicted octanol–water partition coefficient (Wildman–Crippen LogP) is 3.91. The Morgan fingerprint density at radius 1 is 1.00 bits per heavy atom. The number of aliphatic hydroxyl groups excluding tert-OH is 1. The molecule has 0 fully saturated rings. The van der Waals surface area contributed by atoms with E-state index < -0.39 is 11.9 Å². The Labute approximate surface area is 115 Å². The van der Waals surface area contributed by atoms with Gasteiger partial charge in [-0.2, -0.15) is 0 Å². The molecule has 4 heteroatoms. The van der Waals surface area contributed by atoms with Crippen LogP contribution in [0.5, 0.6) is 0 Å². The molecule has 0 aliphatic rings. The van der Waals surface area contributed by atoms with Crippen molar-refractivity contribution in [3.8, 4) is 0 Å². The van der Waals surface area contributed by atoms with Crippen molar-refractivity contribution in [2.24, 2.45) is 0 Å². The van der Waals surface area contributed by atoms with Gasteiger partial charge < -0.3 is 5.11 Å². The lowest BCUT2D eigenvalue weighted by Crippen LogP contribution is -2.12. The molecule has 0 saturated heterocycles. The Hall–Kier alpha value is -1.35. The second kappa shape index (κ2) is 5.53. The van der Waals surface area contributed by atoms with E-state index in [1.807, 2.05) is 0 Å². The fraction of sp³-hybridized carbons (Fsp3) is 0.0714. The summed E-state index contributed by atoms with van der Waals surface area (Å²) in [5, 5.41) is 10.9. The fourth-order valence-corrected chi connectivity index (χ4v) is 2.02. The maximum absolute atomic E-state index is 12.1. The Balaban J connectivity index is 2.29. The number of carbonyl (C=O) groups excluding carboxylic acids is 1. The van der Waals surface area contributed by atoms with Crippen molar-refractivity contribution >= 4 is 29.0 Å². The minimum absolute atomic E-state index is 0.370. The maximum Gasteiger partial charge on any atom is 0.195 e. The summed E-state index contributed by atoms with van der Waals surface area (Å²) in [6.07, 6.45) is -1.23. The first-order chi connectivity index (χ1) is 8.58. The van der Waals surface area contributed by atoms with Crippen LogP contribution >= 0.6 is 23.2 Å². The number of halogens is 2. The molecule has 0 amide bonds. The zero-order valence-corrected chi connectivity index (χ0v) is 10.8. The van der Waals surface area contributed by atoms with E-state index in [1.54, 1.807) is 42.5 Å². The molecule has 0 radical (unpaired) electrons. The summed E-state index contributed by atoms with van der Waals surface area (Å²) in [6.45, 7) is 0. The van der Waals surface area contributed by atoms with Crippen LogP contribution in [-0.2, 0) is 0 Å². The van der Waals surface area contributed by atoms with E-state index in [1.165, 1.54) is 6.07 Å². The quantitative estimate of drug-likeness (QED) is 0.866. The summed E-state index contributed by atoms with van der Waals surface area (Å²) >= 11 is 11.6. The van der Waals surface area contributed by atoms with Gasteiger partial charge in [0.25, 0.3) is 0 Å². The minimum Gasteiger partial charge on any atom is -0.380 e. The molecule has 0 bridgehead atoms. The van der Waals surface area contributed by atoms with Crippen LogP contribution in [0.15, 0.2) is 48.5 Å². The highest BCUT2D eigenvalue weighted by Crippen LogP contribution is 2.22. The lowest BCUT2D eigenvalue weighted by atomic mass is 10.0. The first-order valence-corrected chi connectivity index (χ1v) is 6.07. The fourth-order valence-electron chi connectivity index (χ4n) is 1.63. The van der Waals surface area contributed by atoms with Crippen molar-refractivity contribution in [2.45, 2.75) is 6.10 Å². The van der Waals surface area contributed by atoms with Crippen LogP contribution in [0, 0.1) is 0 Å². The number of hydrogen-bond acceptors (Lipinski definition) is 2.